The molecular formula is C12H23N3S. The van der Waals surface area contributed by atoms with Gasteiger partial charge in [0.2, 0.25) is 0 Å². The third-order valence-corrected chi connectivity index (χ3v) is 5.08. The number of likely N-dealkylation sites (tertiary alicyclic amines) is 1. The van der Waals surface area contributed by atoms with E-state index in [0.29, 0.717) is 4.75 Å². The number of hydrogen-bond acceptors (Lipinski definition) is 2. The summed E-state index contributed by atoms with van der Waals surface area (Å²) >= 11 is 2.05. The van der Waals surface area contributed by atoms with Gasteiger partial charge in [-0.05, 0) is 44.8 Å². The third kappa shape index (κ3) is 3.06. The Kier molecular flexibility index (Phi) is 4.00. The lowest BCUT2D eigenvalue weighted by Crippen LogP contribution is -2.41. The summed E-state index contributed by atoms with van der Waals surface area (Å²) in [5.41, 5.74) is 6.05. The summed E-state index contributed by atoms with van der Waals surface area (Å²) in [6, 6.07) is 0. The van der Waals surface area contributed by atoms with Crippen molar-refractivity contribution >= 4 is 17.7 Å². The highest BCUT2D eigenvalue weighted by atomic mass is 32.2. The lowest BCUT2D eigenvalue weighted by atomic mass is 10.1. The minimum absolute atomic E-state index is 0.348. The monoisotopic (exact) mass is 241 g/mol. The highest BCUT2D eigenvalue weighted by molar-refractivity contribution is 8.00. The lowest BCUT2D eigenvalue weighted by Gasteiger charge is -2.28. The van der Waals surface area contributed by atoms with Crippen LogP contribution in [-0.4, -0.2) is 41.0 Å². The van der Waals surface area contributed by atoms with Gasteiger partial charge in [-0.3, -0.25) is 4.99 Å². The quantitative estimate of drug-likeness (QED) is 0.594. The van der Waals surface area contributed by atoms with Crippen LogP contribution < -0.4 is 5.73 Å². The SMILES string of the molecule is CC1(CN=C(N)N2CCCCC2)CCCS1. The second-order valence-corrected chi connectivity index (χ2v) is 6.81. The summed E-state index contributed by atoms with van der Waals surface area (Å²) < 4.78 is 0.348. The highest BCUT2D eigenvalue weighted by Gasteiger charge is 2.29. The zero-order valence-corrected chi connectivity index (χ0v) is 11.1. The molecule has 2 N–H and O–H groups in total. The maximum atomic E-state index is 6.05. The molecule has 0 spiro atoms. The Bertz CT molecular complexity index is 253. The second-order valence-electron chi connectivity index (χ2n) is 5.12. The van der Waals surface area contributed by atoms with E-state index in [1.165, 1.54) is 37.9 Å². The average molecular weight is 241 g/mol. The molecule has 1 unspecified atom stereocenters. The van der Waals surface area contributed by atoms with E-state index in [4.69, 9.17) is 5.73 Å². The molecule has 0 aromatic heterocycles. The molecule has 2 heterocycles. The van der Waals surface area contributed by atoms with Gasteiger partial charge in [0.25, 0.3) is 0 Å². The Labute approximate surface area is 103 Å². The van der Waals surface area contributed by atoms with Gasteiger partial charge in [-0.2, -0.15) is 11.8 Å². The molecule has 3 nitrogen and oxygen atoms in total. The van der Waals surface area contributed by atoms with Crippen molar-refractivity contribution in [2.45, 2.75) is 43.8 Å². The summed E-state index contributed by atoms with van der Waals surface area (Å²) in [5.74, 6) is 2.06. The maximum Gasteiger partial charge on any atom is 0.191 e. The first-order chi connectivity index (χ1) is 7.70. The Hall–Kier alpha value is -0.380. The van der Waals surface area contributed by atoms with Crippen LogP contribution in [0.15, 0.2) is 4.99 Å². The first-order valence-electron chi connectivity index (χ1n) is 6.38. The van der Waals surface area contributed by atoms with Crippen molar-refractivity contribution in [2.24, 2.45) is 10.7 Å². The Balaban J connectivity index is 1.85. The molecule has 16 heavy (non-hydrogen) atoms. The first-order valence-corrected chi connectivity index (χ1v) is 7.37. The summed E-state index contributed by atoms with van der Waals surface area (Å²) in [4.78, 5) is 6.84. The fourth-order valence-electron chi connectivity index (χ4n) is 2.43. The third-order valence-electron chi connectivity index (χ3n) is 3.56. The Morgan fingerprint density at radius 3 is 2.69 bits per heavy atom. The van der Waals surface area contributed by atoms with Gasteiger partial charge < -0.3 is 10.6 Å². The van der Waals surface area contributed by atoms with Crippen LogP contribution in [0, 0.1) is 0 Å². The molecule has 2 fully saturated rings. The van der Waals surface area contributed by atoms with Gasteiger partial charge in [-0.1, -0.05) is 0 Å². The summed E-state index contributed by atoms with van der Waals surface area (Å²) in [7, 11) is 0. The van der Waals surface area contributed by atoms with Crippen molar-refractivity contribution in [3.8, 4) is 0 Å². The van der Waals surface area contributed by atoms with Gasteiger partial charge in [0, 0.05) is 17.8 Å². The number of hydrogen-bond donors (Lipinski definition) is 1. The van der Waals surface area contributed by atoms with E-state index in [1.807, 2.05) is 0 Å². The molecule has 4 heteroatoms. The van der Waals surface area contributed by atoms with Crippen LogP contribution in [0.25, 0.3) is 0 Å². The van der Waals surface area contributed by atoms with E-state index in [0.717, 1.165) is 25.6 Å². The molecule has 0 aromatic rings. The average Bonchev–Trinajstić information content (AvgIpc) is 2.75. The smallest absolute Gasteiger partial charge is 0.191 e. The van der Waals surface area contributed by atoms with Crippen LogP contribution >= 0.6 is 11.8 Å². The molecule has 1 atom stereocenters. The lowest BCUT2D eigenvalue weighted by molar-refractivity contribution is 0.337. The molecule has 0 aliphatic carbocycles. The number of aliphatic imine (C=N–C) groups is 1. The topological polar surface area (TPSA) is 41.6 Å². The van der Waals surface area contributed by atoms with Gasteiger partial charge in [-0.15, -0.1) is 0 Å². The zero-order valence-electron chi connectivity index (χ0n) is 10.2. The first kappa shape index (κ1) is 12.1. The standard InChI is InChI=1S/C12H23N3S/c1-12(6-5-9-16-12)10-14-11(13)15-7-3-2-4-8-15/h2-10H2,1H3,(H2,13,14). The van der Waals surface area contributed by atoms with Gasteiger partial charge >= 0.3 is 0 Å². The Morgan fingerprint density at radius 2 is 2.06 bits per heavy atom. The van der Waals surface area contributed by atoms with E-state index in [9.17, 15) is 0 Å². The summed E-state index contributed by atoms with van der Waals surface area (Å²) in [6.45, 7) is 5.40. The number of thioether (sulfide) groups is 1. The predicted octanol–water partition coefficient (Wildman–Crippen LogP) is 2.07. The van der Waals surface area contributed by atoms with E-state index >= 15 is 0 Å². The molecule has 0 radical (unpaired) electrons. The van der Waals surface area contributed by atoms with Crippen LogP contribution in [0.5, 0.6) is 0 Å². The van der Waals surface area contributed by atoms with Crippen molar-refractivity contribution in [2.75, 3.05) is 25.4 Å². The van der Waals surface area contributed by atoms with Crippen molar-refractivity contribution < 1.29 is 0 Å². The number of piperidine rings is 1. The van der Waals surface area contributed by atoms with E-state index in [-0.39, 0.29) is 0 Å². The molecule has 0 amide bonds. The molecule has 2 rings (SSSR count). The van der Waals surface area contributed by atoms with E-state index < -0.39 is 0 Å². The summed E-state index contributed by atoms with van der Waals surface area (Å²) in [5, 5.41) is 0. The molecule has 0 bridgehead atoms. The molecule has 2 aliphatic heterocycles. The number of guanidine groups is 1. The van der Waals surface area contributed by atoms with Crippen LogP contribution in [0.4, 0.5) is 0 Å². The molecule has 2 saturated heterocycles. The minimum atomic E-state index is 0.348. The molecule has 0 aromatic carbocycles. The number of nitrogens with zero attached hydrogens (tertiary/aromatic N) is 2. The van der Waals surface area contributed by atoms with Crippen molar-refractivity contribution in [3.63, 3.8) is 0 Å². The zero-order chi connectivity index (χ0) is 11.4. The van der Waals surface area contributed by atoms with Crippen LogP contribution in [0.3, 0.4) is 0 Å². The molecule has 2 aliphatic rings. The fraction of sp³-hybridized carbons (Fsp3) is 0.917. The van der Waals surface area contributed by atoms with Crippen molar-refractivity contribution in [3.05, 3.63) is 0 Å². The van der Waals surface area contributed by atoms with Crippen LogP contribution in [0.2, 0.25) is 0 Å². The fourth-order valence-corrected chi connectivity index (χ4v) is 3.66. The number of nitrogens with two attached hydrogens (primary N) is 1. The minimum Gasteiger partial charge on any atom is -0.370 e. The maximum absolute atomic E-state index is 6.05. The molecular weight excluding hydrogens is 218 g/mol. The van der Waals surface area contributed by atoms with E-state index in [2.05, 4.69) is 28.6 Å². The largest absolute Gasteiger partial charge is 0.370 e. The van der Waals surface area contributed by atoms with Crippen molar-refractivity contribution in [1.82, 2.24) is 4.90 Å². The molecule has 0 saturated carbocycles. The van der Waals surface area contributed by atoms with Gasteiger partial charge in [0.05, 0.1) is 6.54 Å². The summed E-state index contributed by atoms with van der Waals surface area (Å²) in [6.07, 6.45) is 6.50. The Morgan fingerprint density at radius 1 is 1.31 bits per heavy atom. The van der Waals surface area contributed by atoms with Crippen molar-refractivity contribution in [1.29, 1.82) is 0 Å². The van der Waals surface area contributed by atoms with E-state index in [1.54, 1.807) is 0 Å². The second kappa shape index (κ2) is 5.30. The van der Waals surface area contributed by atoms with Gasteiger partial charge in [0.1, 0.15) is 0 Å². The normalized spacial score (nSPS) is 32.1. The van der Waals surface area contributed by atoms with Crippen LogP contribution in [-0.2, 0) is 0 Å². The van der Waals surface area contributed by atoms with Gasteiger partial charge in [-0.25, -0.2) is 0 Å². The molecule has 92 valence electrons. The van der Waals surface area contributed by atoms with Gasteiger partial charge in [0.15, 0.2) is 5.96 Å². The number of rotatable bonds is 2. The highest BCUT2D eigenvalue weighted by Crippen LogP contribution is 2.37. The predicted molar refractivity (Wildman–Crippen MR) is 72.0 cm³/mol. The van der Waals surface area contributed by atoms with Crippen LogP contribution in [0.1, 0.15) is 39.0 Å².